The molecule has 0 saturated carbocycles. The maximum absolute atomic E-state index is 5.82. The molecular formula is C9H15N5. The van der Waals surface area contributed by atoms with Gasteiger partial charge in [-0.25, -0.2) is 0 Å². The normalized spacial score (nSPS) is 22.2. The Morgan fingerprint density at radius 1 is 1.57 bits per heavy atom. The molecule has 2 heterocycles. The van der Waals surface area contributed by atoms with Gasteiger partial charge in [0.25, 0.3) is 0 Å². The van der Waals surface area contributed by atoms with Gasteiger partial charge in [0.1, 0.15) is 5.82 Å². The summed E-state index contributed by atoms with van der Waals surface area (Å²) in [6, 6.07) is 0.0794. The molecule has 0 radical (unpaired) electrons. The van der Waals surface area contributed by atoms with Gasteiger partial charge in [-0.05, 0) is 6.92 Å². The van der Waals surface area contributed by atoms with Crippen molar-refractivity contribution in [2.24, 2.45) is 12.8 Å². The van der Waals surface area contributed by atoms with E-state index in [1.165, 1.54) is 0 Å². The molecule has 0 saturated heterocycles. The Kier molecular flexibility index (Phi) is 2.35. The molecule has 14 heavy (non-hydrogen) atoms. The molecule has 3 N–H and O–H groups in total. The van der Waals surface area contributed by atoms with Crippen LogP contribution in [0.2, 0.25) is 0 Å². The lowest BCUT2D eigenvalue weighted by Crippen LogP contribution is -2.37. The minimum Gasteiger partial charge on any atom is -0.323 e. The molecule has 0 fully saturated rings. The van der Waals surface area contributed by atoms with Crippen LogP contribution in [0.25, 0.3) is 5.57 Å². The molecule has 2 rings (SSSR count). The second kappa shape index (κ2) is 3.51. The highest BCUT2D eigenvalue weighted by Gasteiger charge is 2.15. The summed E-state index contributed by atoms with van der Waals surface area (Å²) in [7, 11) is 1.96. The van der Waals surface area contributed by atoms with Gasteiger partial charge in [0.2, 0.25) is 0 Å². The van der Waals surface area contributed by atoms with Crippen molar-refractivity contribution in [3.8, 4) is 0 Å². The quantitative estimate of drug-likeness (QED) is 0.627. The second-order valence-corrected chi connectivity index (χ2v) is 3.62. The third kappa shape index (κ3) is 1.56. The van der Waals surface area contributed by atoms with Crippen LogP contribution >= 0.6 is 0 Å². The summed E-state index contributed by atoms with van der Waals surface area (Å²) in [4.78, 5) is 0. The summed E-state index contributed by atoms with van der Waals surface area (Å²) >= 11 is 0. The number of aromatic nitrogens is 3. The molecule has 5 nitrogen and oxygen atoms in total. The summed E-state index contributed by atoms with van der Waals surface area (Å²) in [6.07, 6.45) is 2.06. The van der Waals surface area contributed by atoms with E-state index in [2.05, 4.69) is 21.6 Å². The van der Waals surface area contributed by atoms with E-state index in [-0.39, 0.29) is 6.04 Å². The first-order valence-corrected chi connectivity index (χ1v) is 4.72. The molecule has 1 aromatic heterocycles. The van der Waals surface area contributed by atoms with E-state index < -0.39 is 0 Å². The summed E-state index contributed by atoms with van der Waals surface area (Å²) in [5.74, 6) is 1.82. The number of hydrogen-bond acceptors (Lipinski definition) is 4. The zero-order valence-corrected chi connectivity index (χ0v) is 8.49. The SMILES string of the molecule is Cc1nnc(C2=CC(N)CNC2)n1C. The Bertz CT molecular complexity index is 365. The lowest BCUT2D eigenvalue weighted by molar-refractivity contribution is 0.657. The number of rotatable bonds is 1. The molecule has 76 valence electrons. The van der Waals surface area contributed by atoms with Crippen molar-refractivity contribution in [1.82, 2.24) is 20.1 Å². The smallest absolute Gasteiger partial charge is 0.160 e. The van der Waals surface area contributed by atoms with Gasteiger partial charge in [-0.1, -0.05) is 6.08 Å². The first-order valence-electron chi connectivity index (χ1n) is 4.72. The Morgan fingerprint density at radius 2 is 2.36 bits per heavy atom. The van der Waals surface area contributed by atoms with Crippen LogP contribution in [0.15, 0.2) is 6.08 Å². The largest absolute Gasteiger partial charge is 0.323 e. The van der Waals surface area contributed by atoms with E-state index in [0.29, 0.717) is 0 Å². The maximum Gasteiger partial charge on any atom is 0.160 e. The predicted molar refractivity (Wildman–Crippen MR) is 54.6 cm³/mol. The lowest BCUT2D eigenvalue weighted by atomic mass is 10.1. The van der Waals surface area contributed by atoms with E-state index in [9.17, 15) is 0 Å². The van der Waals surface area contributed by atoms with Crippen LogP contribution in [-0.2, 0) is 7.05 Å². The third-order valence-electron chi connectivity index (χ3n) is 2.49. The van der Waals surface area contributed by atoms with Crippen molar-refractivity contribution in [1.29, 1.82) is 0 Å². The van der Waals surface area contributed by atoms with Gasteiger partial charge in [0.05, 0.1) is 0 Å². The first-order chi connectivity index (χ1) is 6.68. The molecule has 0 spiro atoms. The number of aryl methyl sites for hydroxylation is 1. The Hall–Kier alpha value is -1.20. The Morgan fingerprint density at radius 3 is 2.93 bits per heavy atom. The van der Waals surface area contributed by atoms with Gasteiger partial charge < -0.3 is 15.6 Å². The molecule has 1 aromatic rings. The molecule has 0 aromatic carbocycles. The van der Waals surface area contributed by atoms with Gasteiger partial charge in [-0.3, -0.25) is 0 Å². The Balaban J connectivity index is 2.35. The molecule has 1 aliphatic heterocycles. The summed E-state index contributed by atoms with van der Waals surface area (Å²) < 4.78 is 1.98. The van der Waals surface area contributed by atoms with E-state index in [1.54, 1.807) is 0 Å². The molecule has 1 atom stereocenters. The van der Waals surface area contributed by atoms with Crippen molar-refractivity contribution in [2.45, 2.75) is 13.0 Å². The van der Waals surface area contributed by atoms with E-state index in [4.69, 9.17) is 5.73 Å². The molecule has 0 aliphatic carbocycles. The highest BCUT2D eigenvalue weighted by molar-refractivity contribution is 5.63. The average molecular weight is 193 g/mol. The van der Waals surface area contributed by atoms with Crippen molar-refractivity contribution >= 4 is 5.57 Å². The van der Waals surface area contributed by atoms with Gasteiger partial charge in [-0.2, -0.15) is 0 Å². The highest BCUT2D eigenvalue weighted by Crippen LogP contribution is 2.13. The van der Waals surface area contributed by atoms with Crippen LogP contribution in [0.5, 0.6) is 0 Å². The van der Waals surface area contributed by atoms with E-state index in [0.717, 1.165) is 30.3 Å². The topological polar surface area (TPSA) is 68.8 Å². The monoisotopic (exact) mass is 193 g/mol. The van der Waals surface area contributed by atoms with Crippen LogP contribution < -0.4 is 11.1 Å². The minimum atomic E-state index is 0.0794. The summed E-state index contributed by atoms with van der Waals surface area (Å²) in [6.45, 7) is 3.59. The van der Waals surface area contributed by atoms with Crippen LogP contribution in [0, 0.1) is 6.92 Å². The number of nitrogens with two attached hydrogens (primary N) is 1. The predicted octanol–water partition coefficient (Wildman–Crippen LogP) is -0.563. The highest BCUT2D eigenvalue weighted by atomic mass is 15.3. The molecule has 1 aliphatic rings. The zero-order chi connectivity index (χ0) is 10.1. The summed E-state index contributed by atoms with van der Waals surface area (Å²) in [5.41, 5.74) is 6.95. The molecule has 5 heteroatoms. The van der Waals surface area contributed by atoms with Crippen molar-refractivity contribution in [3.05, 3.63) is 17.7 Å². The maximum atomic E-state index is 5.82. The van der Waals surface area contributed by atoms with Crippen molar-refractivity contribution in [3.63, 3.8) is 0 Å². The van der Waals surface area contributed by atoms with Gasteiger partial charge in [-0.15, -0.1) is 10.2 Å². The average Bonchev–Trinajstić information content (AvgIpc) is 2.48. The molecule has 0 bridgehead atoms. The Labute approximate surface area is 83.0 Å². The van der Waals surface area contributed by atoms with Crippen LogP contribution in [0.1, 0.15) is 11.6 Å². The number of nitrogens with zero attached hydrogens (tertiary/aromatic N) is 3. The second-order valence-electron chi connectivity index (χ2n) is 3.62. The standard InChI is InChI=1S/C9H15N5/c1-6-12-13-9(14(6)2)7-3-8(10)5-11-4-7/h3,8,11H,4-5,10H2,1-2H3. The van der Waals surface area contributed by atoms with E-state index >= 15 is 0 Å². The fourth-order valence-electron chi connectivity index (χ4n) is 1.59. The lowest BCUT2D eigenvalue weighted by Gasteiger charge is -2.18. The van der Waals surface area contributed by atoms with Crippen molar-refractivity contribution in [2.75, 3.05) is 13.1 Å². The van der Waals surface area contributed by atoms with Crippen LogP contribution in [0.3, 0.4) is 0 Å². The van der Waals surface area contributed by atoms with Gasteiger partial charge >= 0.3 is 0 Å². The van der Waals surface area contributed by atoms with Gasteiger partial charge in [0, 0.05) is 31.8 Å². The molecule has 0 amide bonds. The zero-order valence-electron chi connectivity index (χ0n) is 8.49. The number of nitrogens with one attached hydrogen (secondary N) is 1. The number of hydrogen-bond donors (Lipinski definition) is 2. The fourth-order valence-corrected chi connectivity index (χ4v) is 1.59. The summed E-state index contributed by atoms with van der Waals surface area (Å²) in [5, 5.41) is 11.4. The van der Waals surface area contributed by atoms with Crippen molar-refractivity contribution < 1.29 is 0 Å². The van der Waals surface area contributed by atoms with Gasteiger partial charge in [0.15, 0.2) is 5.82 Å². The van der Waals surface area contributed by atoms with E-state index in [1.807, 2.05) is 18.5 Å². The first kappa shape index (κ1) is 9.36. The fraction of sp³-hybridized carbons (Fsp3) is 0.556. The minimum absolute atomic E-state index is 0.0794. The molecular weight excluding hydrogens is 178 g/mol. The van der Waals surface area contributed by atoms with Crippen LogP contribution in [-0.4, -0.2) is 33.9 Å². The third-order valence-corrected chi connectivity index (χ3v) is 2.49. The van der Waals surface area contributed by atoms with Crippen LogP contribution in [0.4, 0.5) is 0 Å². The molecule has 1 unspecified atom stereocenters.